The topological polar surface area (TPSA) is 78.9 Å². The highest BCUT2D eigenvalue weighted by Gasteiger charge is 2.19. The van der Waals surface area contributed by atoms with Gasteiger partial charge >= 0.3 is 17.9 Å². The summed E-state index contributed by atoms with van der Waals surface area (Å²) >= 11 is 0. The van der Waals surface area contributed by atoms with E-state index in [1.54, 1.807) is 0 Å². The second kappa shape index (κ2) is 71.3. The number of ether oxygens (including phenoxy) is 3. The molecule has 0 amide bonds. The van der Waals surface area contributed by atoms with Crippen LogP contribution in [0.3, 0.4) is 0 Å². The first kappa shape index (κ1) is 79.8. The van der Waals surface area contributed by atoms with E-state index >= 15 is 0 Å². The fraction of sp³-hybridized carbons (Fsp3) is 0.805. The zero-order valence-electron chi connectivity index (χ0n) is 55.5. The molecule has 1 atom stereocenters. The predicted molar refractivity (Wildman–Crippen MR) is 362 cm³/mol. The van der Waals surface area contributed by atoms with Gasteiger partial charge in [0.15, 0.2) is 6.10 Å². The van der Waals surface area contributed by atoms with Gasteiger partial charge < -0.3 is 14.2 Å². The Balaban J connectivity index is 4.26. The number of carbonyl (C=O) groups excluding carboxylic acids is 3. The van der Waals surface area contributed by atoms with Crippen LogP contribution in [-0.4, -0.2) is 37.2 Å². The Labute approximate surface area is 516 Å². The van der Waals surface area contributed by atoms with Gasteiger partial charge in [-0.05, 0) is 83.5 Å². The molecule has 0 bridgehead atoms. The first-order valence-corrected chi connectivity index (χ1v) is 36.4. The molecule has 482 valence electrons. The largest absolute Gasteiger partial charge is 0.462 e. The van der Waals surface area contributed by atoms with Gasteiger partial charge in [0, 0.05) is 19.3 Å². The van der Waals surface area contributed by atoms with Crippen molar-refractivity contribution in [2.45, 2.75) is 386 Å². The van der Waals surface area contributed by atoms with E-state index < -0.39 is 6.10 Å². The number of esters is 3. The Hall–Kier alpha value is -3.15. The SMILES string of the molecule is CC/C=C\C/C=C\C/C=C\C/C=C\CCCCCCCCCCCCCCC(=O)OC(COC(=O)CCCCCCC/C=C\C/C=C\CCCC)COC(=O)CCCCCCCCCCCCCCCCCCCCCCCCCCCC. The lowest BCUT2D eigenvalue weighted by Crippen LogP contribution is -2.30. The minimum Gasteiger partial charge on any atom is -0.462 e. The highest BCUT2D eigenvalue weighted by molar-refractivity contribution is 5.71. The van der Waals surface area contributed by atoms with Gasteiger partial charge in [-0.25, -0.2) is 0 Å². The van der Waals surface area contributed by atoms with E-state index in [4.69, 9.17) is 14.2 Å². The molecule has 0 heterocycles. The van der Waals surface area contributed by atoms with Crippen molar-refractivity contribution >= 4 is 17.9 Å². The Kier molecular flexibility index (Phi) is 68.6. The predicted octanol–water partition coefficient (Wildman–Crippen LogP) is 25.2. The monoisotopic (exact) mass is 1160 g/mol. The van der Waals surface area contributed by atoms with E-state index in [1.165, 1.54) is 238 Å². The van der Waals surface area contributed by atoms with Gasteiger partial charge in [-0.3, -0.25) is 14.4 Å². The highest BCUT2D eigenvalue weighted by atomic mass is 16.6. The molecule has 1 unspecified atom stereocenters. The van der Waals surface area contributed by atoms with Crippen molar-refractivity contribution < 1.29 is 28.6 Å². The van der Waals surface area contributed by atoms with Crippen LogP contribution in [0.25, 0.3) is 0 Å². The molecule has 0 saturated carbocycles. The van der Waals surface area contributed by atoms with Crippen molar-refractivity contribution in [3.8, 4) is 0 Å². The number of hydrogen-bond acceptors (Lipinski definition) is 6. The van der Waals surface area contributed by atoms with Crippen LogP contribution in [0.5, 0.6) is 0 Å². The molecule has 0 spiro atoms. The number of hydrogen-bond donors (Lipinski definition) is 0. The van der Waals surface area contributed by atoms with Gasteiger partial charge in [-0.1, -0.05) is 351 Å². The summed E-state index contributed by atoms with van der Waals surface area (Å²) in [5, 5.41) is 0. The third kappa shape index (κ3) is 69.5. The summed E-state index contributed by atoms with van der Waals surface area (Å²) in [7, 11) is 0. The van der Waals surface area contributed by atoms with Crippen LogP contribution < -0.4 is 0 Å². The lowest BCUT2D eigenvalue weighted by atomic mass is 10.0. The number of unbranched alkanes of at least 4 members (excludes halogenated alkanes) is 44. The summed E-state index contributed by atoms with van der Waals surface area (Å²) in [6.45, 7) is 6.54. The lowest BCUT2D eigenvalue weighted by Gasteiger charge is -2.18. The van der Waals surface area contributed by atoms with Crippen LogP contribution in [0, 0.1) is 0 Å². The molecule has 0 aromatic carbocycles. The zero-order valence-corrected chi connectivity index (χ0v) is 55.5. The Morgan fingerprint density at radius 3 is 0.771 bits per heavy atom. The Bertz CT molecular complexity index is 1520. The molecular formula is C77H138O6. The van der Waals surface area contributed by atoms with Crippen molar-refractivity contribution in [2.75, 3.05) is 13.2 Å². The van der Waals surface area contributed by atoms with Gasteiger partial charge in [0.05, 0.1) is 0 Å². The van der Waals surface area contributed by atoms with E-state index in [0.29, 0.717) is 19.3 Å². The summed E-state index contributed by atoms with van der Waals surface area (Å²) in [4.78, 5) is 38.5. The van der Waals surface area contributed by atoms with E-state index in [2.05, 4.69) is 93.7 Å². The maximum absolute atomic E-state index is 13.0. The fourth-order valence-corrected chi connectivity index (χ4v) is 10.7. The molecule has 83 heavy (non-hydrogen) atoms. The zero-order chi connectivity index (χ0) is 59.9. The van der Waals surface area contributed by atoms with E-state index in [0.717, 1.165) is 103 Å². The maximum Gasteiger partial charge on any atom is 0.306 e. The third-order valence-corrected chi connectivity index (χ3v) is 16.2. The van der Waals surface area contributed by atoms with Crippen molar-refractivity contribution in [1.82, 2.24) is 0 Å². The summed E-state index contributed by atoms with van der Waals surface area (Å²) < 4.78 is 17.0. The maximum atomic E-state index is 13.0. The Morgan fingerprint density at radius 2 is 0.482 bits per heavy atom. The molecule has 0 aliphatic rings. The van der Waals surface area contributed by atoms with Gasteiger partial charge in [-0.2, -0.15) is 0 Å². The molecule has 0 fully saturated rings. The van der Waals surface area contributed by atoms with Crippen LogP contribution in [0.2, 0.25) is 0 Å². The molecule has 0 saturated heterocycles. The quantitative estimate of drug-likeness (QED) is 0.0261. The number of rotatable bonds is 67. The molecular weight excluding hydrogens is 1020 g/mol. The molecule has 6 nitrogen and oxygen atoms in total. The molecule has 0 radical (unpaired) electrons. The lowest BCUT2D eigenvalue weighted by molar-refractivity contribution is -0.167. The molecule has 0 N–H and O–H groups in total. The molecule has 0 aliphatic heterocycles. The molecule has 0 aromatic rings. The van der Waals surface area contributed by atoms with Gasteiger partial charge in [0.25, 0.3) is 0 Å². The smallest absolute Gasteiger partial charge is 0.306 e. The minimum atomic E-state index is -0.783. The van der Waals surface area contributed by atoms with E-state index in [1.807, 2.05) is 0 Å². The summed E-state index contributed by atoms with van der Waals surface area (Å²) in [5.74, 6) is -0.870. The Morgan fingerprint density at radius 1 is 0.253 bits per heavy atom. The molecule has 0 aromatic heterocycles. The van der Waals surface area contributed by atoms with Crippen LogP contribution in [0.4, 0.5) is 0 Å². The second-order valence-corrected chi connectivity index (χ2v) is 24.5. The third-order valence-electron chi connectivity index (χ3n) is 16.2. The van der Waals surface area contributed by atoms with E-state index in [9.17, 15) is 14.4 Å². The number of allylic oxidation sites excluding steroid dienone is 12. The van der Waals surface area contributed by atoms with Crippen molar-refractivity contribution in [3.05, 3.63) is 72.9 Å². The first-order chi connectivity index (χ1) is 41.0. The van der Waals surface area contributed by atoms with Crippen molar-refractivity contribution in [3.63, 3.8) is 0 Å². The van der Waals surface area contributed by atoms with Crippen molar-refractivity contribution in [2.24, 2.45) is 0 Å². The molecule has 6 heteroatoms. The number of carbonyl (C=O) groups is 3. The molecule has 0 aliphatic carbocycles. The average Bonchev–Trinajstić information content (AvgIpc) is 3.49. The van der Waals surface area contributed by atoms with Crippen LogP contribution in [0.1, 0.15) is 380 Å². The normalized spacial score (nSPS) is 12.5. The average molecular weight is 1160 g/mol. The van der Waals surface area contributed by atoms with Crippen LogP contribution >= 0.6 is 0 Å². The van der Waals surface area contributed by atoms with Crippen LogP contribution in [-0.2, 0) is 28.6 Å². The standard InChI is InChI=1S/C77H138O6/c1-4-7-10-13-16-19-22-25-28-30-32-34-36-38-40-41-43-45-47-49-52-55-58-61-64-67-70-76(79)82-73-74(72-81-75(78)69-66-63-60-57-54-51-27-24-21-18-15-12-9-6-3)83-77(80)71-68-65-62-59-56-53-50-48-46-44-42-39-37-35-33-31-29-26-23-20-17-14-11-8-5-2/h8,11,15,17-18,20,24,26-27,29,33,35,74H,4-7,9-10,12-14,16,19,21-23,25,28,30-32,34,36-73H2,1-3H3/b11-8-,18-15-,20-17-,27-24-,29-26-,35-33-. The van der Waals surface area contributed by atoms with Gasteiger partial charge in [0.1, 0.15) is 13.2 Å². The summed E-state index contributed by atoms with van der Waals surface area (Å²) in [5.41, 5.74) is 0. The highest BCUT2D eigenvalue weighted by Crippen LogP contribution is 2.18. The van der Waals surface area contributed by atoms with Gasteiger partial charge in [-0.15, -0.1) is 0 Å². The summed E-state index contributed by atoms with van der Waals surface area (Å²) in [6, 6.07) is 0. The van der Waals surface area contributed by atoms with Crippen LogP contribution in [0.15, 0.2) is 72.9 Å². The van der Waals surface area contributed by atoms with E-state index in [-0.39, 0.29) is 31.1 Å². The van der Waals surface area contributed by atoms with Gasteiger partial charge in [0.2, 0.25) is 0 Å². The molecule has 0 rings (SSSR count). The fourth-order valence-electron chi connectivity index (χ4n) is 10.7. The van der Waals surface area contributed by atoms with Crippen molar-refractivity contribution in [1.29, 1.82) is 0 Å². The summed E-state index contributed by atoms with van der Waals surface area (Å²) in [6.07, 6.45) is 93.7. The second-order valence-electron chi connectivity index (χ2n) is 24.5. The first-order valence-electron chi connectivity index (χ1n) is 36.4. The minimum absolute atomic E-state index is 0.0764.